The standard InChI is InChI=1S/C15H14O2.C11H16N2/c1-12-7-8-14(10-16)15(9-12)17-11-13-5-3-2-4-6-13;1-12-11-3-2-9-4-6-13-7-5-10(9)8-11/h2-10H,11H2,1H3;2-3,8,12-13H,4-7H2,1H3. The van der Waals surface area contributed by atoms with Crippen molar-refractivity contribution in [3.63, 3.8) is 0 Å². The van der Waals surface area contributed by atoms with Crippen LogP contribution in [0.25, 0.3) is 0 Å². The maximum atomic E-state index is 10.9. The third-order valence-corrected chi connectivity index (χ3v) is 5.17. The fourth-order valence-corrected chi connectivity index (χ4v) is 3.43. The summed E-state index contributed by atoms with van der Waals surface area (Å²) in [7, 11) is 1.97. The number of aldehydes is 1. The summed E-state index contributed by atoms with van der Waals surface area (Å²) >= 11 is 0. The first-order valence-electron chi connectivity index (χ1n) is 10.4. The van der Waals surface area contributed by atoms with Crippen LogP contribution in [0.4, 0.5) is 5.69 Å². The third-order valence-electron chi connectivity index (χ3n) is 5.17. The zero-order valence-corrected chi connectivity index (χ0v) is 17.8. The molecular weight excluding hydrogens is 372 g/mol. The Hall–Kier alpha value is -3.11. The van der Waals surface area contributed by atoms with Gasteiger partial charge in [0, 0.05) is 12.7 Å². The molecule has 0 spiro atoms. The van der Waals surface area contributed by atoms with Gasteiger partial charge in [-0.05, 0) is 79.4 Å². The van der Waals surface area contributed by atoms with E-state index in [1.807, 2.05) is 56.4 Å². The summed E-state index contributed by atoms with van der Waals surface area (Å²) in [5.74, 6) is 0.642. The lowest BCUT2D eigenvalue weighted by atomic mass is 10.0. The highest BCUT2D eigenvalue weighted by Crippen LogP contribution is 2.20. The molecule has 0 radical (unpaired) electrons. The minimum atomic E-state index is 0.477. The summed E-state index contributed by atoms with van der Waals surface area (Å²) in [4.78, 5) is 10.9. The molecule has 0 bridgehead atoms. The maximum absolute atomic E-state index is 10.9. The Morgan fingerprint density at radius 1 is 0.967 bits per heavy atom. The van der Waals surface area contributed by atoms with Crippen LogP contribution in [0.1, 0.15) is 32.6 Å². The molecule has 2 N–H and O–H groups in total. The van der Waals surface area contributed by atoms with Crippen LogP contribution in [0.15, 0.2) is 66.7 Å². The number of benzene rings is 3. The van der Waals surface area contributed by atoms with Crippen molar-refractivity contribution in [3.8, 4) is 5.75 Å². The number of hydrogen-bond acceptors (Lipinski definition) is 4. The maximum Gasteiger partial charge on any atom is 0.153 e. The van der Waals surface area contributed by atoms with Gasteiger partial charge < -0.3 is 15.4 Å². The molecule has 156 valence electrons. The fourth-order valence-electron chi connectivity index (χ4n) is 3.43. The summed E-state index contributed by atoms with van der Waals surface area (Å²) in [5, 5.41) is 6.59. The third kappa shape index (κ3) is 6.19. The average Bonchev–Trinajstić information content (AvgIpc) is 3.04. The van der Waals surface area contributed by atoms with Gasteiger partial charge in [0.25, 0.3) is 0 Å². The predicted octanol–water partition coefficient (Wildman–Crippen LogP) is 4.80. The van der Waals surface area contributed by atoms with E-state index in [1.54, 1.807) is 6.07 Å². The molecule has 1 aliphatic rings. The van der Waals surface area contributed by atoms with E-state index < -0.39 is 0 Å². The summed E-state index contributed by atoms with van der Waals surface area (Å²) < 4.78 is 5.66. The first-order valence-corrected chi connectivity index (χ1v) is 10.4. The van der Waals surface area contributed by atoms with Gasteiger partial charge in [0.15, 0.2) is 6.29 Å². The molecule has 4 nitrogen and oxygen atoms in total. The highest BCUT2D eigenvalue weighted by atomic mass is 16.5. The lowest BCUT2D eigenvalue weighted by Crippen LogP contribution is -2.16. The lowest BCUT2D eigenvalue weighted by Gasteiger charge is -2.09. The van der Waals surface area contributed by atoms with Crippen molar-refractivity contribution in [2.75, 3.05) is 25.5 Å². The highest BCUT2D eigenvalue weighted by Gasteiger charge is 2.07. The van der Waals surface area contributed by atoms with Gasteiger partial charge in [-0.1, -0.05) is 42.5 Å². The second-order valence-electron chi connectivity index (χ2n) is 7.42. The number of carbonyl (C=O) groups excluding carboxylic acids is 1. The van der Waals surface area contributed by atoms with Crippen LogP contribution in [-0.2, 0) is 19.4 Å². The molecular formula is C26H30N2O2. The van der Waals surface area contributed by atoms with E-state index in [2.05, 4.69) is 28.8 Å². The Morgan fingerprint density at radius 3 is 2.47 bits per heavy atom. The molecule has 0 unspecified atom stereocenters. The molecule has 0 aromatic heterocycles. The average molecular weight is 403 g/mol. The SMILES string of the molecule is CNc1ccc2c(c1)CCNCC2.Cc1ccc(C=O)c(OCc2ccccc2)c1. The van der Waals surface area contributed by atoms with Crippen molar-refractivity contribution in [2.45, 2.75) is 26.4 Å². The molecule has 0 fully saturated rings. The van der Waals surface area contributed by atoms with E-state index >= 15 is 0 Å². The molecule has 4 rings (SSSR count). The van der Waals surface area contributed by atoms with Crippen LogP contribution in [0.5, 0.6) is 5.75 Å². The molecule has 1 aliphatic heterocycles. The van der Waals surface area contributed by atoms with Gasteiger partial charge >= 0.3 is 0 Å². The summed E-state index contributed by atoms with van der Waals surface area (Å²) in [6.07, 6.45) is 3.14. The monoisotopic (exact) mass is 402 g/mol. The van der Waals surface area contributed by atoms with Crippen molar-refractivity contribution >= 4 is 12.0 Å². The molecule has 0 atom stereocenters. The molecule has 3 aromatic rings. The number of fused-ring (bicyclic) bond motifs is 1. The number of nitrogens with one attached hydrogen (secondary N) is 2. The van der Waals surface area contributed by atoms with Crippen LogP contribution in [0.3, 0.4) is 0 Å². The van der Waals surface area contributed by atoms with E-state index in [4.69, 9.17) is 4.74 Å². The van der Waals surface area contributed by atoms with E-state index in [-0.39, 0.29) is 0 Å². The summed E-state index contributed by atoms with van der Waals surface area (Å²) in [6.45, 7) is 4.68. The summed E-state index contributed by atoms with van der Waals surface area (Å²) in [5.41, 5.74) is 6.98. The van der Waals surface area contributed by atoms with Crippen molar-refractivity contribution in [2.24, 2.45) is 0 Å². The quantitative estimate of drug-likeness (QED) is 0.602. The minimum absolute atomic E-state index is 0.477. The number of hydrogen-bond donors (Lipinski definition) is 2. The van der Waals surface area contributed by atoms with Crippen LogP contribution in [-0.4, -0.2) is 26.4 Å². The van der Waals surface area contributed by atoms with Gasteiger partial charge in [0.2, 0.25) is 0 Å². The zero-order chi connectivity index (χ0) is 21.2. The summed E-state index contributed by atoms with van der Waals surface area (Å²) in [6, 6.07) is 22.1. The smallest absolute Gasteiger partial charge is 0.153 e. The van der Waals surface area contributed by atoms with E-state index in [9.17, 15) is 4.79 Å². The van der Waals surface area contributed by atoms with E-state index in [1.165, 1.54) is 23.2 Å². The first-order chi connectivity index (χ1) is 14.7. The Morgan fingerprint density at radius 2 is 1.73 bits per heavy atom. The number of ether oxygens (including phenoxy) is 1. The van der Waals surface area contributed by atoms with Crippen molar-refractivity contribution < 1.29 is 9.53 Å². The zero-order valence-electron chi connectivity index (χ0n) is 17.8. The van der Waals surface area contributed by atoms with Crippen molar-refractivity contribution in [3.05, 3.63) is 94.5 Å². The van der Waals surface area contributed by atoms with Gasteiger partial charge in [0.05, 0.1) is 5.56 Å². The molecule has 0 saturated carbocycles. The number of carbonyl (C=O) groups is 1. The Balaban J connectivity index is 0.000000177. The van der Waals surface area contributed by atoms with Gasteiger partial charge in [-0.25, -0.2) is 0 Å². The second-order valence-corrected chi connectivity index (χ2v) is 7.42. The van der Waals surface area contributed by atoms with Gasteiger partial charge in [-0.3, -0.25) is 4.79 Å². The molecule has 0 aliphatic carbocycles. The Labute approximate surface area is 179 Å². The molecule has 1 heterocycles. The van der Waals surface area contributed by atoms with E-state index in [0.29, 0.717) is 17.9 Å². The minimum Gasteiger partial charge on any atom is -0.488 e. The van der Waals surface area contributed by atoms with Gasteiger partial charge in [-0.15, -0.1) is 0 Å². The molecule has 30 heavy (non-hydrogen) atoms. The topological polar surface area (TPSA) is 50.4 Å². The fraction of sp³-hybridized carbons (Fsp3) is 0.269. The normalized spacial score (nSPS) is 12.6. The largest absolute Gasteiger partial charge is 0.488 e. The predicted molar refractivity (Wildman–Crippen MR) is 124 cm³/mol. The van der Waals surface area contributed by atoms with Gasteiger partial charge in [0.1, 0.15) is 12.4 Å². The van der Waals surface area contributed by atoms with Gasteiger partial charge in [-0.2, -0.15) is 0 Å². The van der Waals surface area contributed by atoms with Crippen LogP contribution >= 0.6 is 0 Å². The lowest BCUT2D eigenvalue weighted by molar-refractivity contribution is 0.111. The second kappa shape index (κ2) is 11.2. The number of aryl methyl sites for hydroxylation is 1. The first kappa shape index (κ1) is 21.6. The molecule has 3 aromatic carbocycles. The molecule has 4 heteroatoms. The number of rotatable bonds is 5. The van der Waals surface area contributed by atoms with E-state index in [0.717, 1.165) is 36.9 Å². The van der Waals surface area contributed by atoms with Crippen molar-refractivity contribution in [1.82, 2.24) is 5.32 Å². The Bertz CT molecular complexity index is 955. The molecule has 0 saturated heterocycles. The molecule has 0 amide bonds. The van der Waals surface area contributed by atoms with Crippen LogP contribution in [0.2, 0.25) is 0 Å². The van der Waals surface area contributed by atoms with Crippen molar-refractivity contribution in [1.29, 1.82) is 0 Å². The highest BCUT2D eigenvalue weighted by molar-refractivity contribution is 5.79. The van der Waals surface area contributed by atoms with Crippen LogP contribution < -0.4 is 15.4 Å². The number of anilines is 1. The van der Waals surface area contributed by atoms with Crippen LogP contribution in [0, 0.1) is 6.92 Å². The Kier molecular flexibility index (Phi) is 8.04.